The summed E-state index contributed by atoms with van der Waals surface area (Å²) >= 11 is 6.02. The molecule has 7 heteroatoms. The number of fused-ring (bicyclic) bond motifs is 1. The maximum atomic E-state index is 12.6. The van der Waals surface area contributed by atoms with Crippen LogP contribution in [0.3, 0.4) is 0 Å². The van der Waals surface area contributed by atoms with Gasteiger partial charge in [-0.25, -0.2) is 4.79 Å². The fourth-order valence-electron chi connectivity index (χ4n) is 3.19. The summed E-state index contributed by atoms with van der Waals surface area (Å²) in [5, 5.41) is 0.569. The van der Waals surface area contributed by atoms with Crippen LogP contribution in [0, 0.1) is 0 Å². The molecule has 2 aliphatic rings. The number of urea groups is 1. The van der Waals surface area contributed by atoms with Crippen molar-refractivity contribution < 1.29 is 14.4 Å². The quantitative estimate of drug-likeness (QED) is 0.770. The molecule has 24 heavy (non-hydrogen) atoms. The van der Waals surface area contributed by atoms with Crippen LogP contribution in [0.25, 0.3) is 0 Å². The molecule has 2 aliphatic heterocycles. The Balaban J connectivity index is 1.75. The zero-order valence-corrected chi connectivity index (χ0v) is 14.8. The second kappa shape index (κ2) is 5.77. The lowest BCUT2D eigenvalue weighted by atomic mass is 10.1. The third kappa shape index (κ3) is 2.86. The van der Waals surface area contributed by atoms with E-state index in [1.165, 1.54) is 9.80 Å². The monoisotopic (exact) mass is 349 g/mol. The number of carbonyl (C=O) groups is 3. The predicted octanol–water partition coefficient (Wildman–Crippen LogP) is 2.29. The Labute approximate surface area is 146 Å². The number of halogens is 1. The highest BCUT2D eigenvalue weighted by Gasteiger charge is 2.43. The van der Waals surface area contributed by atoms with Gasteiger partial charge in [0.25, 0.3) is 5.91 Å². The minimum absolute atomic E-state index is 0.0575. The lowest BCUT2D eigenvalue weighted by molar-refractivity contribution is -0.128. The topological polar surface area (TPSA) is 60.9 Å². The summed E-state index contributed by atoms with van der Waals surface area (Å²) in [7, 11) is 0. The first-order valence-corrected chi connectivity index (χ1v) is 8.27. The van der Waals surface area contributed by atoms with E-state index in [1.54, 1.807) is 37.8 Å². The normalized spacial score (nSPS) is 17.8. The fraction of sp³-hybridized carbons (Fsp3) is 0.471. The first-order chi connectivity index (χ1) is 11.2. The molecule has 0 radical (unpaired) electrons. The van der Waals surface area contributed by atoms with Crippen molar-refractivity contribution in [2.45, 2.75) is 32.7 Å². The van der Waals surface area contributed by atoms with E-state index in [4.69, 9.17) is 11.6 Å². The predicted molar refractivity (Wildman–Crippen MR) is 91.1 cm³/mol. The highest BCUT2D eigenvalue weighted by atomic mass is 35.5. The second-order valence-corrected chi connectivity index (χ2v) is 7.54. The molecule has 0 atom stereocenters. The average Bonchev–Trinajstić information content (AvgIpc) is 2.99. The molecule has 128 valence electrons. The summed E-state index contributed by atoms with van der Waals surface area (Å²) in [6.45, 7) is 5.79. The van der Waals surface area contributed by atoms with E-state index in [0.717, 1.165) is 17.7 Å². The highest BCUT2D eigenvalue weighted by Crippen LogP contribution is 2.31. The van der Waals surface area contributed by atoms with Gasteiger partial charge >= 0.3 is 6.03 Å². The Bertz CT molecular complexity index is 726. The molecule has 6 nitrogen and oxygen atoms in total. The van der Waals surface area contributed by atoms with Gasteiger partial charge in [-0.3, -0.25) is 14.5 Å². The van der Waals surface area contributed by atoms with Gasteiger partial charge in [-0.1, -0.05) is 17.7 Å². The zero-order chi connectivity index (χ0) is 17.6. The maximum absolute atomic E-state index is 12.6. The molecule has 0 bridgehead atoms. The largest absolute Gasteiger partial charge is 0.328 e. The van der Waals surface area contributed by atoms with Crippen molar-refractivity contribution in [3.8, 4) is 0 Å². The summed E-state index contributed by atoms with van der Waals surface area (Å²) < 4.78 is 0. The van der Waals surface area contributed by atoms with Gasteiger partial charge in [-0.15, -0.1) is 0 Å². The maximum Gasteiger partial charge on any atom is 0.328 e. The highest BCUT2D eigenvalue weighted by molar-refractivity contribution is 6.31. The van der Waals surface area contributed by atoms with E-state index in [9.17, 15) is 14.4 Å². The molecule has 1 aromatic carbocycles. The van der Waals surface area contributed by atoms with Crippen molar-refractivity contribution in [3.63, 3.8) is 0 Å². The molecule has 0 saturated carbocycles. The number of anilines is 1. The Kier molecular flexibility index (Phi) is 4.03. The summed E-state index contributed by atoms with van der Waals surface area (Å²) in [6, 6.07) is 5.07. The summed E-state index contributed by atoms with van der Waals surface area (Å²) in [4.78, 5) is 41.4. The number of benzene rings is 1. The minimum atomic E-state index is -0.597. The van der Waals surface area contributed by atoms with Crippen LogP contribution >= 0.6 is 11.6 Å². The molecular formula is C17H20ClN3O3. The van der Waals surface area contributed by atoms with Crippen LogP contribution in [-0.4, -0.2) is 52.8 Å². The lowest BCUT2D eigenvalue weighted by Gasteiger charge is -2.29. The SMILES string of the molecule is CC(C)(C)N1C(=O)CN(CC(=O)N2CCc3ccc(Cl)cc32)C1=O. The first kappa shape index (κ1) is 16.8. The van der Waals surface area contributed by atoms with Crippen molar-refractivity contribution >= 4 is 35.1 Å². The molecule has 0 unspecified atom stereocenters. The van der Waals surface area contributed by atoms with Gasteiger partial charge in [0.2, 0.25) is 5.91 Å². The summed E-state index contributed by atoms with van der Waals surface area (Å²) in [5.74, 6) is -0.474. The molecule has 2 heterocycles. The molecule has 3 rings (SSSR count). The average molecular weight is 350 g/mol. The van der Waals surface area contributed by atoms with Crippen LogP contribution in [0.15, 0.2) is 18.2 Å². The molecule has 0 spiro atoms. The van der Waals surface area contributed by atoms with Crippen molar-refractivity contribution in [2.24, 2.45) is 0 Å². The number of amides is 4. The van der Waals surface area contributed by atoms with E-state index in [-0.39, 0.29) is 24.9 Å². The smallest absolute Gasteiger partial charge is 0.310 e. The van der Waals surface area contributed by atoms with E-state index in [1.807, 2.05) is 6.07 Å². The van der Waals surface area contributed by atoms with E-state index < -0.39 is 11.6 Å². The van der Waals surface area contributed by atoms with E-state index in [2.05, 4.69) is 0 Å². The molecule has 1 fully saturated rings. The van der Waals surface area contributed by atoms with Crippen molar-refractivity contribution in [3.05, 3.63) is 28.8 Å². The first-order valence-electron chi connectivity index (χ1n) is 7.89. The number of hydrogen-bond donors (Lipinski definition) is 0. The standard InChI is InChI=1S/C17H20ClN3O3/c1-17(2,3)21-15(23)10-19(16(21)24)9-14(22)20-7-6-11-4-5-12(18)8-13(11)20/h4-5,8H,6-7,9-10H2,1-3H3. The Morgan fingerprint density at radius 1 is 1.25 bits per heavy atom. The van der Waals surface area contributed by atoms with Gasteiger partial charge in [0.15, 0.2) is 0 Å². The Morgan fingerprint density at radius 2 is 1.96 bits per heavy atom. The number of carbonyl (C=O) groups excluding carboxylic acids is 3. The number of hydrogen-bond acceptors (Lipinski definition) is 3. The van der Waals surface area contributed by atoms with Gasteiger partial charge in [-0.2, -0.15) is 0 Å². The third-order valence-corrected chi connectivity index (χ3v) is 4.51. The molecular weight excluding hydrogens is 330 g/mol. The van der Waals surface area contributed by atoms with Crippen LogP contribution in [-0.2, 0) is 16.0 Å². The van der Waals surface area contributed by atoms with Gasteiger partial charge in [0.1, 0.15) is 13.1 Å². The number of imide groups is 1. The van der Waals surface area contributed by atoms with Gasteiger partial charge in [-0.05, 0) is 44.9 Å². The number of nitrogens with zero attached hydrogens (tertiary/aromatic N) is 3. The zero-order valence-electron chi connectivity index (χ0n) is 14.0. The minimum Gasteiger partial charge on any atom is -0.310 e. The summed E-state index contributed by atoms with van der Waals surface area (Å²) in [6.07, 6.45) is 0.763. The van der Waals surface area contributed by atoms with Crippen LogP contribution in [0.5, 0.6) is 0 Å². The molecule has 4 amide bonds. The van der Waals surface area contributed by atoms with Crippen molar-refractivity contribution in [1.29, 1.82) is 0 Å². The van der Waals surface area contributed by atoms with E-state index >= 15 is 0 Å². The van der Waals surface area contributed by atoms with Crippen LogP contribution in [0.1, 0.15) is 26.3 Å². The second-order valence-electron chi connectivity index (χ2n) is 7.11. The van der Waals surface area contributed by atoms with Crippen LogP contribution < -0.4 is 4.90 Å². The number of rotatable bonds is 2. The lowest BCUT2D eigenvalue weighted by Crippen LogP contribution is -2.47. The Hall–Kier alpha value is -2.08. The van der Waals surface area contributed by atoms with Crippen molar-refractivity contribution in [2.75, 3.05) is 24.5 Å². The third-order valence-electron chi connectivity index (χ3n) is 4.28. The van der Waals surface area contributed by atoms with Gasteiger partial charge in [0.05, 0.1) is 0 Å². The van der Waals surface area contributed by atoms with E-state index in [0.29, 0.717) is 11.6 Å². The molecule has 0 N–H and O–H groups in total. The van der Waals surface area contributed by atoms with Crippen LogP contribution in [0.4, 0.5) is 10.5 Å². The fourth-order valence-corrected chi connectivity index (χ4v) is 3.36. The van der Waals surface area contributed by atoms with Gasteiger partial charge in [0, 0.05) is 22.8 Å². The van der Waals surface area contributed by atoms with Crippen LogP contribution in [0.2, 0.25) is 5.02 Å². The molecule has 0 aromatic heterocycles. The molecule has 0 aliphatic carbocycles. The van der Waals surface area contributed by atoms with Gasteiger partial charge < -0.3 is 9.80 Å². The molecule has 1 saturated heterocycles. The Morgan fingerprint density at radius 3 is 2.58 bits per heavy atom. The summed E-state index contributed by atoms with van der Waals surface area (Å²) in [5.41, 5.74) is 1.26. The van der Waals surface area contributed by atoms with Crippen molar-refractivity contribution in [1.82, 2.24) is 9.80 Å². The molecule has 1 aromatic rings.